The molecule has 0 spiro atoms. The highest BCUT2D eigenvalue weighted by atomic mass is 19.4. The summed E-state index contributed by atoms with van der Waals surface area (Å²) in [5.41, 5.74) is 5.18. The molecule has 33 heavy (non-hydrogen) atoms. The minimum absolute atomic E-state index is 0.0214. The number of amides is 1. The molecular weight excluding hydrogens is 435 g/mol. The van der Waals surface area contributed by atoms with E-state index in [-0.39, 0.29) is 28.0 Å². The van der Waals surface area contributed by atoms with Gasteiger partial charge in [-0.05, 0) is 36.4 Å². The van der Waals surface area contributed by atoms with E-state index in [2.05, 4.69) is 5.32 Å². The normalized spacial score (nSPS) is 11.4. The van der Waals surface area contributed by atoms with Crippen molar-refractivity contribution in [2.75, 3.05) is 18.2 Å². The molecule has 0 unspecified atom stereocenters. The Balaban J connectivity index is 1.81. The monoisotopic (exact) mass is 453 g/mol. The topological polar surface area (TPSA) is 85.8 Å². The minimum atomic E-state index is -4.66. The lowest BCUT2D eigenvalue weighted by Gasteiger charge is -2.13. The lowest BCUT2D eigenvalue weighted by Crippen LogP contribution is -2.17. The first kappa shape index (κ1) is 21.9. The molecule has 0 aliphatic rings. The number of halogens is 3. The molecule has 4 aromatic rings. The van der Waals surface area contributed by atoms with Crippen LogP contribution in [0.1, 0.15) is 32.0 Å². The second kappa shape index (κ2) is 8.34. The van der Waals surface area contributed by atoms with Gasteiger partial charge in [-0.2, -0.15) is 13.2 Å². The van der Waals surface area contributed by atoms with E-state index in [1.165, 1.54) is 29.7 Å². The van der Waals surface area contributed by atoms with Crippen LogP contribution in [0.15, 0.2) is 72.9 Å². The third-order valence-electron chi connectivity index (χ3n) is 5.14. The van der Waals surface area contributed by atoms with Crippen LogP contribution in [0.25, 0.3) is 5.52 Å². The molecule has 6 nitrogen and oxygen atoms in total. The van der Waals surface area contributed by atoms with Gasteiger partial charge in [-0.15, -0.1) is 0 Å². The Labute approximate surface area is 186 Å². The lowest BCUT2D eigenvalue weighted by molar-refractivity contribution is -0.136. The van der Waals surface area contributed by atoms with E-state index in [4.69, 9.17) is 10.5 Å². The molecule has 2 aromatic heterocycles. The van der Waals surface area contributed by atoms with E-state index < -0.39 is 29.1 Å². The summed E-state index contributed by atoms with van der Waals surface area (Å²) in [7, 11) is 1.46. The van der Waals surface area contributed by atoms with Crippen LogP contribution in [-0.2, 0) is 6.18 Å². The number of nitrogens with zero attached hydrogens (tertiary/aromatic N) is 1. The highest BCUT2D eigenvalue weighted by Gasteiger charge is 2.34. The first-order chi connectivity index (χ1) is 15.7. The van der Waals surface area contributed by atoms with Crippen LogP contribution < -0.4 is 15.8 Å². The van der Waals surface area contributed by atoms with Crippen LogP contribution in [0.2, 0.25) is 0 Å². The number of fused-ring (bicyclic) bond motifs is 1. The van der Waals surface area contributed by atoms with Crippen LogP contribution in [0.5, 0.6) is 5.75 Å². The molecule has 2 aromatic carbocycles. The standard InChI is InChI=1S/C24H18F3N3O3/c1-33-15-8-6-7-14(13-15)22(31)21-20(28)19(18-11-4-5-12-30(18)21)23(32)29-17-10-3-2-9-16(17)24(25,26)27/h2-13H,28H2,1H3,(H,29,32). The van der Waals surface area contributed by atoms with E-state index in [0.717, 1.165) is 12.1 Å². The van der Waals surface area contributed by atoms with Crippen LogP contribution in [-0.4, -0.2) is 23.2 Å². The maximum atomic E-state index is 13.4. The van der Waals surface area contributed by atoms with Crippen LogP contribution in [0, 0.1) is 0 Å². The fourth-order valence-corrected chi connectivity index (χ4v) is 3.62. The maximum absolute atomic E-state index is 13.4. The number of ether oxygens (including phenoxy) is 1. The smallest absolute Gasteiger partial charge is 0.418 e. The summed E-state index contributed by atoms with van der Waals surface area (Å²) >= 11 is 0. The molecule has 0 atom stereocenters. The Bertz CT molecular complexity index is 1380. The molecule has 0 saturated heterocycles. The number of alkyl halides is 3. The summed E-state index contributed by atoms with van der Waals surface area (Å²) in [5, 5.41) is 2.29. The molecule has 0 bridgehead atoms. The SMILES string of the molecule is COc1cccc(C(=O)c2c(N)c(C(=O)Nc3ccccc3C(F)(F)F)c3ccccn23)c1. The number of para-hydroxylation sites is 1. The first-order valence-electron chi connectivity index (χ1n) is 9.77. The Hall–Kier alpha value is -4.27. The molecule has 168 valence electrons. The number of methoxy groups -OCH3 is 1. The molecule has 1 amide bonds. The number of aromatic nitrogens is 1. The van der Waals surface area contributed by atoms with Gasteiger partial charge in [-0.25, -0.2) is 0 Å². The van der Waals surface area contributed by atoms with Gasteiger partial charge in [0.2, 0.25) is 5.78 Å². The van der Waals surface area contributed by atoms with E-state index in [1.54, 1.807) is 42.6 Å². The van der Waals surface area contributed by atoms with Crippen molar-refractivity contribution in [3.8, 4) is 5.75 Å². The molecule has 9 heteroatoms. The second-order valence-corrected chi connectivity index (χ2v) is 7.15. The van der Waals surface area contributed by atoms with Crippen molar-refractivity contribution >= 4 is 28.6 Å². The lowest BCUT2D eigenvalue weighted by atomic mass is 10.1. The fourth-order valence-electron chi connectivity index (χ4n) is 3.62. The van der Waals surface area contributed by atoms with Gasteiger partial charge in [0.05, 0.1) is 35.1 Å². The van der Waals surface area contributed by atoms with Gasteiger partial charge in [0, 0.05) is 11.8 Å². The molecular formula is C24H18F3N3O3. The Morgan fingerprint density at radius 1 is 1.00 bits per heavy atom. The van der Waals surface area contributed by atoms with E-state index in [0.29, 0.717) is 5.75 Å². The summed E-state index contributed by atoms with van der Waals surface area (Å²) in [6.45, 7) is 0. The van der Waals surface area contributed by atoms with Gasteiger partial charge in [0.1, 0.15) is 11.4 Å². The average Bonchev–Trinajstić information content (AvgIpc) is 3.10. The molecule has 4 rings (SSSR count). The van der Waals surface area contributed by atoms with Crippen molar-refractivity contribution in [1.82, 2.24) is 4.40 Å². The number of nitrogens with one attached hydrogen (secondary N) is 1. The number of hydrogen-bond donors (Lipinski definition) is 2. The van der Waals surface area contributed by atoms with E-state index >= 15 is 0 Å². The van der Waals surface area contributed by atoms with Crippen molar-refractivity contribution in [1.29, 1.82) is 0 Å². The highest BCUT2D eigenvalue weighted by molar-refractivity contribution is 6.20. The van der Waals surface area contributed by atoms with E-state index in [1.807, 2.05) is 0 Å². The zero-order chi connectivity index (χ0) is 23.8. The molecule has 3 N–H and O–H groups in total. The number of benzene rings is 2. The summed E-state index contributed by atoms with van der Waals surface area (Å²) < 4.78 is 46.7. The van der Waals surface area contributed by atoms with Gasteiger partial charge >= 0.3 is 6.18 Å². The number of pyridine rings is 1. The molecule has 0 fully saturated rings. The number of nitrogens with two attached hydrogens (primary N) is 1. The summed E-state index contributed by atoms with van der Waals surface area (Å²) in [6.07, 6.45) is -3.11. The van der Waals surface area contributed by atoms with Crippen molar-refractivity contribution in [3.05, 3.63) is 95.3 Å². The van der Waals surface area contributed by atoms with Gasteiger partial charge in [-0.1, -0.05) is 30.3 Å². The van der Waals surface area contributed by atoms with Gasteiger partial charge in [0.15, 0.2) is 0 Å². The number of nitrogen functional groups attached to an aromatic ring is 1. The van der Waals surface area contributed by atoms with Crippen molar-refractivity contribution in [3.63, 3.8) is 0 Å². The maximum Gasteiger partial charge on any atom is 0.418 e. The minimum Gasteiger partial charge on any atom is -0.497 e. The fraction of sp³-hybridized carbons (Fsp3) is 0.0833. The first-order valence-corrected chi connectivity index (χ1v) is 9.77. The third-order valence-corrected chi connectivity index (χ3v) is 5.14. The van der Waals surface area contributed by atoms with Gasteiger partial charge in [0.25, 0.3) is 5.91 Å². The zero-order valence-electron chi connectivity index (χ0n) is 17.3. The largest absolute Gasteiger partial charge is 0.497 e. The number of rotatable bonds is 5. The zero-order valence-corrected chi connectivity index (χ0v) is 17.3. The quantitative estimate of drug-likeness (QED) is 0.415. The number of anilines is 2. The van der Waals surface area contributed by atoms with Crippen molar-refractivity contribution in [2.45, 2.75) is 6.18 Å². The molecule has 0 saturated carbocycles. The number of ketones is 1. The van der Waals surface area contributed by atoms with Crippen LogP contribution in [0.4, 0.5) is 24.5 Å². The Morgan fingerprint density at radius 3 is 2.45 bits per heavy atom. The summed E-state index contributed by atoms with van der Waals surface area (Å²) in [4.78, 5) is 26.4. The predicted octanol–water partition coefficient (Wildman–Crippen LogP) is 5.03. The van der Waals surface area contributed by atoms with Crippen molar-refractivity contribution < 1.29 is 27.5 Å². The average molecular weight is 453 g/mol. The Kier molecular flexibility index (Phi) is 5.55. The highest BCUT2D eigenvalue weighted by Crippen LogP contribution is 2.36. The molecule has 0 radical (unpaired) electrons. The van der Waals surface area contributed by atoms with Crippen LogP contribution in [0.3, 0.4) is 0 Å². The predicted molar refractivity (Wildman–Crippen MR) is 118 cm³/mol. The molecule has 2 heterocycles. The Morgan fingerprint density at radius 2 is 1.73 bits per heavy atom. The molecule has 0 aliphatic carbocycles. The number of carbonyl (C=O) groups is 2. The summed E-state index contributed by atoms with van der Waals surface area (Å²) in [5.74, 6) is -0.873. The van der Waals surface area contributed by atoms with Gasteiger partial charge in [-0.3, -0.25) is 9.59 Å². The van der Waals surface area contributed by atoms with Gasteiger partial charge < -0.3 is 20.2 Å². The van der Waals surface area contributed by atoms with Crippen molar-refractivity contribution in [2.24, 2.45) is 0 Å². The van der Waals surface area contributed by atoms with Crippen LogP contribution >= 0.6 is 0 Å². The number of hydrogen-bond acceptors (Lipinski definition) is 4. The second-order valence-electron chi connectivity index (χ2n) is 7.15. The molecule has 0 aliphatic heterocycles. The summed E-state index contributed by atoms with van der Waals surface area (Å²) in [6, 6.07) is 15.9. The third kappa shape index (κ3) is 4.00. The van der Waals surface area contributed by atoms with E-state index in [9.17, 15) is 22.8 Å². The number of carbonyl (C=O) groups excluding carboxylic acids is 2.